The highest BCUT2D eigenvalue weighted by molar-refractivity contribution is 6.37. The van der Waals surface area contributed by atoms with E-state index < -0.39 is 0 Å². The predicted molar refractivity (Wildman–Crippen MR) is 76.9 cm³/mol. The van der Waals surface area contributed by atoms with E-state index >= 15 is 0 Å². The summed E-state index contributed by atoms with van der Waals surface area (Å²) in [5.41, 5.74) is 0. The third-order valence-corrected chi connectivity index (χ3v) is 5.18. The first-order chi connectivity index (χ1) is 9.22. The van der Waals surface area contributed by atoms with Gasteiger partial charge in [0.25, 0.3) is 0 Å². The molecule has 2 heteroatoms. The molecule has 2 nitrogen and oxygen atoms in total. The smallest absolute Gasteiger partial charge is 0.201 e. The Kier molecular flexibility index (Phi) is 5.59. The maximum atomic E-state index is 12.3. The van der Waals surface area contributed by atoms with Gasteiger partial charge in [-0.1, -0.05) is 51.9 Å². The molecule has 2 fully saturated rings. The number of Topliss-reactive ketones (excluding diaryl/α,β-unsaturated/α-hetero) is 2. The topological polar surface area (TPSA) is 34.1 Å². The van der Waals surface area contributed by atoms with E-state index in [0.29, 0.717) is 6.42 Å². The first kappa shape index (κ1) is 14.7. The van der Waals surface area contributed by atoms with E-state index in [4.69, 9.17) is 0 Å². The highest BCUT2D eigenvalue weighted by Gasteiger charge is 2.34. The summed E-state index contributed by atoms with van der Waals surface area (Å²) < 4.78 is 0. The molecule has 0 aromatic rings. The molecule has 2 saturated carbocycles. The number of ketones is 2. The van der Waals surface area contributed by atoms with Crippen LogP contribution in [-0.2, 0) is 9.59 Å². The van der Waals surface area contributed by atoms with E-state index in [1.54, 1.807) is 0 Å². The van der Waals surface area contributed by atoms with Crippen molar-refractivity contribution in [2.75, 3.05) is 0 Å². The third kappa shape index (κ3) is 3.90. The average molecular weight is 264 g/mol. The van der Waals surface area contributed by atoms with E-state index in [1.807, 2.05) is 0 Å². The van der Waals surface area contributed by atoms with Gasteiger partial charge in [0.05, 0.1) is 0 Å². The van der Waals surface area contributed by atoms with Crippen molar-refractivity contribution < 1.29 is 9.59 Å². The summed E-state index contributed by atoms with van der Waals surface area (Å²) in [4.78, 5) is 24.2. The van der Waals surface area contributed by atoms with Gasteiger partial charge in [0.1, 0.15) is 0 Å². The Morgan fingerprint density at radius 1 is 0.947 bits per heavy atom. The lowest BCUT2D eigenvalue weighted by molar-refractivity contribution is -0.139. The average Bonchev–Trinajstić information content (AvgIpc) is 2.66. The summed E-state index contributed by atoms with van der Waals surface area (Å²) in [7, 11) is 0. The standard InChI is InChI=1S/C17H28O2/c1-2-3-11-16(18)17(19)15-10-6-9-13-7-4-5-8-14(13)12-15/h13-15H,2-12H2,1H3. The molecule has 0 aromatic carbocycles. The fourth-order valence-electron chi connectivity index (χ4n) is 4.01. The lowest BCUT2D eigenvalue weighted by Crippen LogP contribution is -2.27. The van der Waals surface area contributed by atoms with Gasteiger partial charge in [-0.3, -0.25) is 9.59 Å². The molecule has 2 aliphatic carbocycles. The van der Waals surface area contributed by atoms with Gasteiger partial charge < -0.3 is 0 Å². The summed E-state index contributed by atoms with van der Waals surface area (Å²) in [5, 5.41) is 0. The first-order valence-electron chi connectivity index (χ1n) is 8.29. The van der Waals surface area contributed by atoms with E-state index in [-0.39, 0.29) is 17.5 Å². The second-order valence-electron chi connectivity index (χ2n) is 6.56. The number of rotatable bonds is 5. The Balaban J connectivity index is 1.92. The zero-order valence-corrected chi connectivity index (χ0v) is 12.3. The molecule has 0 radical (unpaired) electrons. The molecule has 0 spiro atoms. The maximum absolute atomic E-state index is 12.3. The van der Waals surface area contributed by atoms with Gasteiger partial charge in [-0.05, 0) is 31.1 Å². The van der Waals surface area contributed by atoms with Crippen LogP contribution >= 0.6 is 0 Å². The van der Waals surface area contributed by atoms with E-state index in [2.05, 4.69) is 6.92 Å². The second kappa shape index (κ2) is 7.21. The van der Waals surface area contributed by atoms with Crippen molar-refractivity contribution in [3.8, 4) is 0 Å². The van der Waals surface area contributed by atoms with E-state index in [0.717, 1.165) is 43.9 Å². The fraction of sp³-hybridized carbons (Fsp3) is 0.882. The van der Waals surface area contributed by atoms with Gasteiger partial charge in [0, 0.05) is 12.3 Å². The van der Waals surface area contributed by atoms with Crippen LogP contribution in [0, 0.1) is 17.8 Å². The molecule has 19 heavy (non-hydrogen) atoms. The zero-order valence-electron chi connectivity index (χ0n) is 12.3. The Labute approximate surface area is 117 Å². The summed E-state index contributed by atoms with van der Waals surface area (Å²) in [6, 6.07) is 0. The van der Waals surface area contributed by atoms with Gasteiger partial charge in [-0.25, -0.2) is 0 Å². The van der Waals surface area contributed by atoms with Crippen LogP contribution in [0.15, 0.2) is 0 Å². The van der Waals surface area contributed by atoms with Gasteiger partial charge in [-0.2, -0.15) is 0 Å². The van der Waals surface area contributed by atoms with Crippen LogP contribution in [0.4, 0.5) is 0 Å². The minimum absolute atomic E-state index is 0.0420. The molecule has 0 bridgehead atoms. The van der Waals surface area contributed by atoms with Crippen molar-refractivity contribution in [3.63, 3.8) is 0 Å². The molecule has 0 heterocycles. The lowest BCUT2D eigenvalue weighted by Gasteiger charge is -2.30. The lowest BCUT2D eigenvalue weighted by atomic mass is 9.75. The van der Waals surface area contributed by atoms with Gasteiger partial charge >= 0.3 is 0 Å². The van der Waals surface area contributed by atoms with Crippen LogP contribution in [0.2, 0.25) is 0 Å². The molecular weight excluding hydrogens is 236 g/mol. The van der Waals surface area contributed by atoms with Crippen LogP contribution in [-0.4, -0.2) is 11.6 Å². The summed E-state index contributed by atoms with van der Waals surface area (Å²) in [5.74, 6) is 1.49. The van der Waals surface area contributed by atoms with E-state index in [9.17, 15) is 9.59 Å². The molecule has 0 saturated heterocycles. The summed E-state index contributed by atoms with van der Waals surface area (Å²) >= 11 is 0. The Morgan fingerprint density at radius 2 is 1.63 bits per heavy atom. The van der Waals surface area contributed by atoms with E-state index in [1.165, 1.54) is 32.1 Å². The maximum Gasteiger partial charge on any atom is 0.201 e. The monoisotopic (exact) mass is 264 g/mol. The Hall–Kier alpha value is -0.660. The fourth-order valence-corrected chi connectivity index (χ4v) is 4.01. The molecule has 0 amide bonds. The summed E-state index contributed by atoms with van der Waals surface area (Å²) in [6.07, 6.45) is 12.1. The molecule has 3 atom stereocenters. The van der Waals surface area contributed by atoms with Crippen molar-refractivity contribution in [3.05, 3.63) is 0 Å². The molecule has 3 unspecified atom stereocenters. The van der Waals surface area contributed by atoms with Crippen LogP contribution in [0.25, 0.3) is 0 Å². The first-order valence-corrected chi connectivity index (χ1v) is 8.29. The molecule has 0 aliphatic heterocycles. The molecule has 0 N–H and O–H groups in total. The highest BCUT2D eigenvalue weighted by Crippen LogP contribution is 2.41. The SMILES string of the molecule is CCCCC(=O)C(=O)C1CCCC2CCCCC2C1. The molecular formula is C17H28O2. The van der Waals surface area contributed by atoms with Crippen molar-refractivity contribution in [1.82, 2.24) is 0 Å². The molecule has 0 aromatic heterocycles. The second-order valence-corrected chi connectivity index (χ2v) is 6.56. The Bertz CT molecular complexity index is 321. The van der Waals surface area contributed by atoms with Crippen LogP contribution in [0.5, 0.6) is 0 Å². The Morgan fingerprint density at radius 3 is 2.37 bits per heavy atom. The van der Waals surface area contributed by atoms with Crippen molar-refractivity contribution >= 4 is 11.6 Å². The quantitative estimate of drug-likeness (QED) is 0.693. The largest absolute Gasteiger partial charge is 0.291 e. The molecule has 108 valence electrons. The number of hydrogen-bond donors (Lipinski definition) is 0. The highest BCUT2D eigenvalue weighted by atomic mass is 16.2. The number of fused-ring (bicyclic) bond motifs is 1. The number of unbranched alkanes of at least 4 members (excludes halogenated alkanes) is 1. The van der Waals surface area contributed by atoms with Crippen molar-refractivity contribution in [2.45, 2.75) is 77.6 Å². The van der Waals surface area contributed by atoms with Crippen LogP contribution < -0.4 is 0 Å². The van der Waals surface area contributed by atoms with Gasteiger partial charge in [-0.15, -0.1) is 0 Å². The minimum atomic E-state index is -0.0962. The minimum Gasteiger partial charge on any atom is -0.291 e. The van der Waals surface area contributed by atoms with Crippen molar-refractivity contribution in [1.29, 1.82) is 0 Å². The van der Waals surface area contributed by atoms with Crippen LogP contribution in [0.1, 0.15) is 77.6 Å². The number of carbonyl (C=O) groups is 2. The number of hydrogen-bond acceptors (Lipinski definition) is 2. The zero-order chi connectivity index (χ0) is 13.7. The van der Waals surface area contributed by atoms with Gasteiger partial charge in [0.2, 0.25) is 5.78 Å². The third-order valence-electron chi connectivity index (χ3n) is 5.18. The normalized spacial score (nSPS) is 31.3. The summed E-state index contributed by atoms with van der Waals surface area (Å²) in [6.45, 7) is 2.07. The predicted octanol–water partition coefficient (Wildman–Crippen LogP) is 4.31. The van der Waals surface area contributed by atoms with Crippen LogP contribution in [0.3, 0.4) is 0 Å². The molecule has 2 aliphatic rings. The molecule has 2 rings (SSSR count). The van der Waals surface area contributed by atoms with Gasteiger partial charge in [0.15, 0.2) is 5.78 Å². The number of carbonyl (C=O) groups excluding carboxylic acids is 2. The van der Waals surface area contributed by atoms with Crippen molar-refractivity contribution in [2.24, 2.45) is 17.8 Å².